The molecule has 0 aliphatic rings. The van der Waals surface area contributed by atoms with Crippen molar-refractivity contribution in [2.45, 2.75) is 40.5 Å². The Labute approximate surface area is 109 Å². The summed E-state index contributed by atoms with van der Waals surface area (Å²) in [4.78, 5) is 24.1. The van der Waals surface area contributed by atoms with Gasteiger partial charge in [-0.15, -0.1) is 0 Å². The van der Waals surface area contributed by atoms with Crippen LogP contribution >= 0.6 is 0 Å². The fourth-order valence-electron chi connectivity index (χ4n) is 1.68. The second-order valence-electron chi connectivity index (χ2n) is 3.82. The van der Waals surface area contributed by atoms with E-state index in [4.69, 9.17) is 14.2 Å². The lowest BCUT2D eigenvalue weighted by Gasteiger charge is -2.27. The van der Waals surface area contributed by atoms with E-state index in [1.54, 1.807) is 20.8 Å². The molecule has 0 aliphatic carbocycles. The molecule has 0 aromatic carbocycles. The highest BCUT2D eigenvalue weighted by molar-refractivity contribution is 6.00. The second kappa shape index (κ2) is 8.91. The molecule has 0 unspecified atom stereocenters. The van der Waals surface area contributed by atoms with Crippen LogP contribution in [0, 0.1) is 5.41 Å². The average molecular weight is 260 g/mol. The molecule has 0 aromatic heterocycles. The van der Waals surface area contributed by atoms with Crippen LogP contribution in [0.2, 0.25) is 0 Å². The van der Waals surface area contributed by atoms with Crippen molar-refractivity contribution in [3.05, 3.63) is 0 Å². The van der Waals surface area contributed by atoms with Crippen molar-refractivity contribution in [1.82, 2.24) is 0 Å². The lowest BCUT2D eigenvalue weighted by Crippen LogP contribution is -2.42. The number of rotatable bonds is 9. The van der Waals surface area contributed by atoms with Gasteiger partial charge in [-0.1, -0.05) is 6.92 Å². The van der Waals surface area contributed by atoms with Crippen LogP contribution in [0.5, 0.6) is 0 Å². The Morgan fingerprint density at radius 1 is 0.889 bits per heavy atom. The normalized spacial score (nSPS) is 11.1. The smallest absolute Gasteiger partial charge is 0.323 e. The van der Waals surface area contributed by atoms with Crippen molar-refractivity contribution in [2.24, 2.45) is 5.41 Å². The Balaban J connectivity index is 4.93. The van der Waals surface area contributed by atoms with Crippen LogP contribution in [0.25, 0.3) is 0 Å². The molecule has 0 rings (SSSR count). The van der Waals surface area contributed by atoms with Crippen LogP contribution < -0.4 is 0 Å². The van der Waals surface area contributed by atoms with E-state index in [0.717, 1.165) is 0 Å². The van der Waals surface area contributed by atoms with Crippen LogP contribution in [0.15, 0.2) is 0 Å². The number of carbonyl (C=O) groups excluding carboxylic acids is 2. The molecule has 0 N–H and O–H groups in total. The van der Waals surface area contributed by atoms with Gasteiger partial charge in [0.25, 0.3) is 0 Å². The maximum Gasteiger partial charge on any atom is 0.323 e. The van der Waals surface area contributed by atoms with Gasteiger partial charge in [-0.3, -0.25) is 9.59 Å². The lowest BCUT2D eigenvalue weighted by molar-refractivity contribution is -0.174. The van der Waals surface area contributed by atoms with E-state index in [1.165, 1.54) is 0 Å². The van der Waals surface area contributed by atoms with Crippen LogP contribution in [0.1, 0.15) is 40.5 Å². The Kier molecular flexibility index (Phi) is 8.37. The minimum absolute atomic E-state index is 0.245. The molecule has 0 bridgehead atoms. The molecule has 0 radical (unpaired) electrons. The van der Waals surface area contributed by atoms with Crippen molar-refractivity contribution in [3.63, 3.8) is 0 Å². The van der Waals surface area contributed by atoms with E-state index in [0.29, 0.717) is 19.6 Å². The summed E-state index contributed by atoms with van der Waals surface area (Å²) in [5, 5.41) is 0. The van der Waals surface area contributed by atoms with Gasteiger partial charge in [-0.05, 0) is 33.6 Å². The van der Waals surface area contributed by atoms with Gasteiger partial charge in [0.15, 0.2) is 5.41 Å². The Hall–Kier alpha value is -1.10. The zero-order valence-corrected chi connectivity index (χ0v) is 11.8. The largest absolute Gasteiger partial charge is 0.465 e. The maximum atomic E-state index is 12.0. The molecule has 18 heavy (non-hydrogen) atoms. The van der Waals surface area contributed by atoms with E-state index >= 15 is 0 Å². The summed E-state index contributed by atoms with van der Waals surface area (Å²) >= 11 is 0. The first kappa shape index (κ1) is 16.9. The van der Waals surface area contributed by atoms with E-state index in [2.05, 4.69) is 0 Å². The fraction of sp³-hybridized carbons (Fsp3) is 0.846. The predicted molar refractivity (Wildman–Crippen MR) is 67.1 cm³/mol. The number of esters is 2. The first-order valence-electron chi connectivity index (χ1n) is 6.51. The molecule has 5 nitrogen and oxygen atoms in total. The van der Waals surface area contributed by atoms with Crippen LogP contribution in [-0.2, 0) is 23.8 Å². The maximum absolute atomic E-state index is 12.0. The molecule has 0 amide bonds. The fourth-order valence-corrected chi connectivity index (χ4v) is 1.68. The van der Waals surface area contributed by atoms with Crippen molar-refractivity contribution in [3.8, 4) is 0 Å². The van der Waals surface area contributed by atoms with E-state index in [9.17, 15) is 9.59 Å². The van der Waals surface area contributed by atoms with Gasteiger partial charge in [0.1, 0.15) is 0 Å². The highest BCUT2D eigenvalue weighted by Gasteiger charge is 2.46. The van der Waals surface area contributed by atoms with Gasteiger partial charge in [0.2, 0.25) is 0 Å². The molecule has 0 heterocycles. The molecule has 0 saturated heterocycles. The SMILES string of the molecule is CCOCCC(CC)(C(=O)OCC)C(=O)OCC. The zero-order valence-electron chi connectivity index (χ0n) is 11.8. The van der Waals surface area contributed by atoms with Gasteiger partial charge in [-0.25, -0.2) is 0 Å². The number of hydrogen-bond acceptors (Lipinski definition) is 5. The molecule has 0 aliphatic heterocycles. The molecular formula is C13H24O5. The van der Waals surface area contributed by atoms with Gasteiger partial charge in [0.05, 0.1) is 13.2 Å². The minimum atomic E-state index is -1.23. The van der Waals surface area contributed by atoms with Crippen molar-refractivity contribution < 1.29 is 23.8 Å². The first-order chi connectivity index (χ1) is 8.58. The summed E-state index contributed by atoms with van der Waals surface area (Å²) in [6, 6.07) is 0. The third-order valence-electron chi connectivity index (χ3n) is 2.81. The predicted octanol–water partition coefficient (Wildman–Crippen LogP) is 1.94. The Bertz CT molecular complexity index is 244. The highest BCUT2D eigenvalue weighted by Crippen LogP contribution is 2.30. The van der Waals surface area contributed by atoms with Gasteiger partial charge in [0, 0.05) is 13.2 Å². The first-order valence-corrected chi connectivity index (χ1v) is 6.51. The Morgan fingerprint density at radius 3 is 1.72 bits per heavy atom. The zero-order chi connectivity index (χ0) is 14.0. The van der Waals surface area contributed by atoms with Crippen LogP contribution in [0.4, 0.5) is 0 Å². The third-order valence-corrected chi connectivity index (χ3v) is 2.81. The topological polar surface area (TPSA) is 61.8 Å². The second-order valence-corrected chi connectivity index (χ2v) is 3.82. The van der Waals surface area contributed by atoms with E-state index in [-0.39, 0.29) is 19.6 Å². The molecule has 5 heteroatoms. The minimum Gasteiger partial charge on any atom is -0.465 e. The molecule has 0 saturated carbocycles. The average Bonchev–Trinajstić information content (AvgIpc) is 2.35. The molecule has 0 atom stereocenters. The van der Waals surface area contributed by atoms with Gasteiger partial charge in [-0.2, -0.15) is 0 Å². The summed E-state index contributed by atoms with van der Waals surface area (Å²) in [6.07, 6.45) is 0.632. The van der Waals surface area contributed by atoms with Crippen molar-refractivity contribution >= 4 is 11.9 Å². The Morgan fingerprint density at radius 2 is 1.39 bits per heavy atom. The standard InChI is InChI=1S/C13H24O5/c1-5-13(9-10-16-6-2,11(14)17-7-3)12(15)18-8-4/h5-10H2,1-4H3. The molecule has 0 fully saturated rings. The van der Waals surface area contributed by atoms with Crippen molar-refractivity contribution in [2.75, 3.05) is 26.4 Å². The summed E-state index contributed by atoms with van der Waals surface area (Å²) < 4.78 is 15.2. The highest BCUT2D eigenvalue weighted by atomic mass is 16.6. The number of carbonyl (C=O) groups is 2. The molecular weight excluding hydrogens is 236 g/mol. The quantitative estimate of drug-likeness (QED) is 0.360. The van der Waals surface area contributed by atoms with Crippen molar-refractivity contribution in [1.29, 1.82) is 0 Å². The third kappa shape index (κ3) is 4.29. The summed E-state index contributed by atoms with van der Waals surface area (Å²) in [5.41, 5.74) is -1.23. The number of hydrogen-bond donors (Lipinski definition) is 0. The molecule has 106 valence electrons. The van der Waals surface area contributed by atoms with Crippen LogP contribution in [0.3, 0.4) is 0 Å². The lowest BCUT2D eigenvalue weighted by atomic mass is 9.82. The summed E-state index contributed by atoms with van der Waals surface area (Å²) in [6.45, 7) is 8.44. The van der Waals surface area contributed by atoms with Gasteiger partial charge < -0.3 is 14.2 Å². The molecule has 0 aromatic rings. The van der Waals surface area contributed by atoms with Gasteiger partial charge >= 0.3 is 11.9 Å². The van der Waals surface area contributed by atoms with E-state index in [1.807, 2.05) is 6.92 Å². The van der Waals surface area contributed by atoms with E-state index < -0.39 is 17.4 Å². The monoisotopic (exact) mass is 260 g/mol. The molecule has 0 spiro atoms. The summed E-state index contributed by atoms with van der Waals surface area (Å²) in [7, 11) is 0. The van der Waals surface area contributed by atoms with Crippen LogP contribution in [-0.4, -0.2) is 38.4 Å². The number of ether oxygens (including phenoxy) is 3. The summed E-state index contributed by atoms with van der Waals surface area (Å²) in [5.74, 6) is -1.05.